The van der Waals surface area contributed by atoms with Gasteiger partial charge < -0.3 is 25.0 Å². The molecule has 0 aromatic rings. The van der Waals surface area contributed by atoms with E-state index in [4.69, 9.17) is 9.47 Å². The summed E-state index contributed by atoms with van der Waals surface area (Å²) in [7, 11) is 0. The molecular weight excluding hydrogens is 524 g/mol. The second-order valence-corrected chi connectivity index (χ2v) is 16.7. The van der Waals surface area contributed by atoms with E-state index in [1.807, 2.05) is 0 Å². The van der Waals surface area contributed by atoms with Crippen molar-refractivity contribution < 1.29 is 9.47 Å². The Balaban J connectivity index is 0.000000280. The Hall–Kier alpha value is -0.320. The summed E-state index contributed by atoms with van der Waals surface area (Å²) in [5.74, 6) is 0. The minimum atomic E-state index is 0.323. The van der Waals surface area contributed by atoms with Crippen LogP contribution in [-0.2, 0) is 9.47 Å². The number of piperazine rings is 2. The van der Waals surface area contributed by atoms with E-state index < -0.39 is 0 Å². The quantitative estimate of drug-likeness (QED) is 0.493. The van der Waals surface area contributed by atoms with Crippen molar-refractivity contribution in [1.82, 2.24) is 30.2 Å². The van der Waals surface area contributed by atoms with Gasteiger partial charge in [-0.25, -0.2) is 0 Å². The Morgan fingerprint density at radius 3 is 1.05 bits per heavy atom. The van der Waals surface area contributed by atoms with E-state index in [0.717, 1.165) is 78.8 Å². The molecule has 0 aliphatic carbocycles. The molecule has 0 aromatic carbocycles. The standard InChI is InChI=1S/C9H20N2.C9H19NO.C8H18N2.C8H17NO/c1-9(2,3)8-11-6-4-10-5-7-11;1-9(2,3)8-10-4-6-11-7-5-10;1-8(2,3)10-6-4-9-5-7-10;1-8(2,3)9-4-6-10-7-5-9/h10H,4-8H2,1-3H3;4-8H2,1-3H3;9H,4-7H2,1-3H3;4-7H2,1-3H3. The first-order valence-corrected chi connectivity index (χ1v) is 16.9. The molecule has 0 amide bonds. The lowest BCUT2D eigenvalue weighted by Crippen LogP contribution is -2.51. The molecule has 8 nitrogen and oxygen atoms in total. The number of hydrogen-bond acceptors (Lipinski definition) is 8. The zero-order valence-electron chi connectivity index (χ0n) is 30.3. The molecule has 4 heterocycles. The zero-order chi connectivity index (χ0) is 31.9. The zero-order valence-corrected chi connectivity index (χ0v) is 30.3. The van der Waals surface area contributed by atoms with Crippen LogP contribution in [0.15, 0.2) is 0 Å². The van der Waals surface area contributed by atoms with E-state index >= 15 is 0 Å². The third-order valence-electron chi connectivity index (χ3n) is 7.73. The molecule has 4 fully saturated rings. The highest BCUT2D eigenvalue weighted by molar-refractivity contribution is 4.80. The molecule has 0 aromatic heterocycles. The lowest BCUT2D eigenvalue weighted by Gasteiger charge is -2.38. The van der Waals surface area contributed by atoms with Crippen molar-refractivity contribution >= 4 is 0 Å². The van der Waals surface area contributed by atoms with Gasteiger partial charge in [0.15, 0.2) is 0 Å². The molecule has 0 radical (unpaired) electrons. The maximum absolute atomic E-state index is 5.27. The summed E-state index contributed by atoms with van der Waals surface area (Å²) in [6.45, 7) is 47.2. The molecule has 8 heteroatoms. The molecule has 0 bridgehead atoms. The van der Waals surface area contributed by atoms with Gasteiger partial charge in [0.05, 0.1) is 26.4 Å². The summed E-state index contributed by atoms with van der Waals surface area (Å²) in [4.78, 5) is 9.99. The van der Waals surface area contributed by atoms with Crippen LogP contribution in [0.1, 0.15) is 83.1 Å². The molecule has 4 saturated heterocycles. The molecule has 4 aliphatic rings. The van der Waals surface area contributed by atoms with Gasteiger partial charge in [-0.2, -0.15) is 0 Å². The summed E-state index contributed by atoms with van der Waals surface area (Å²) in [5, 5.41) is 6.70. The summed E-state index contributed by atoms with van der Waals surface area (Å²) in [6.07, 6.45) is 0. The Morgan fingerprint density at radius 1 is 0.429 bits per heavy atom. The van der Waals surface area contributed by atoms with Crippen LogP contribution in [0.25, 0.3) is 0 Å². The fourth-order valence-corrected chi connectivity index (χ4v) is 5.54. The lowest BCUT2D eigenvalue weighted by atomic mass is 9.96. The number of nitrogens with one attached hydrogen (secondary N) is 2. The van der Waals surface area contributed by atoms with Gasteiger partial charge in [0.1, 0.15) is 0 Å². The lowest BCUT2D eigenvalue weighted by molar-refractivity contribution is -0.00389. The summed E-state index contributed by atoms with van der Waals surface area (Å²) in [6, 6.07) is 0. The van der Waals surface area contributed by atoms with Gasteiger partial charge in [-0.3, -0.25) is 14.7 Å². The monoisotopic (exact) mass is 599 g/mol. The third kappa shape index (κ3) is 20.6. The van der Waals surface area contributed by atoms with Crippen LogP contribution in [0.4, 0.5) is 0 Å². The highest BCUT2D eigenvalue weighted by atomic mass is 16.5. The largest absolute Gasteiger partial charge is 0.379 e. The second-order valence-electron chi connectivity index (χ2n) is 16.7. The third-order valence-corrected chi connectivity index (χ3v) is 7.73. The first-order valence-electron chi connectivity index (χ1n) is 16.9. The SMILES string of the molecule is CC(C)(C)CN1CCNCC1.CC(C)(C)CN1CCOCC1.CC(C)(C)N1CCNCC1.CC(C)(C)N1CCOCC1. The highest BCUT2D eigenvalue weighted by Crippen LogP contribution is 2.17. The minimum absolute atomic E-state index is 0.323. The van der Waals surface area contributed by atoms with Gasteiger partial charge in [0.25, 0.3) is 0 Å². The Morgan fingerprint density at radius 2 is 0.738 bits per heavy atom. The molecule has 0 atom stereocenters. The van der Waals surface area contributed by atoms with Gasteiger partial charge in [0.2, 0.25) is 0 Å². The van der Waals surface area contributed by atoms with E-state index in [2.05, 4.69) is 113 Å². The maximum Gasteiger partial charge on any atom is 0.0594 e. The van der Waals surface area contributed by atoms with Crippen LogP contribution in [-0.4, -0.2) is 149 Å². The topological polar surface area (TPSA) is 55.5 Å². The predicted molar refractivity (Wildman–Crippen MR) is 182 cm³/mol. The van der Waals surface area contributed by atoms with Crippen LogP contribution in [0.2, 0.25) is 0 Å². The number of morpholine rings is 2. The second kappa shape index (κ2) is 19.3. The van der Waals surface area contributed by atoms with E-state index in [-0.39, 0.29) is 0 Å². The fourth-order valence-electron chi connectivity index (χ4n) is 5.54. The summed E-state index contributed by atoms with van der Waals surface area (Å²) in [5.41, 5.74) is 1.57. The molecule has 0 spiro atoms. The molecule has 0 unspecified atom stereocenters. The van der Waals surface area contributed by atoms with Crippen LogP contribution < -0.4 is 10.6 Å². The molecule has 42 heavy (non-hydrogen) atoms. The average Bonchev–Trinajstić information content (AvgIpc) is 2.89. The van der Waals surface area contributed by atoms with E-state index in [9.17, 15) is 0 Å². The number of ether oxygens (including phenoxy) is 2. The van der Waals surface area contributed by atoms with Gasteiger partial charge in [-0.1, -0.05) is 41.5 Å². The van der Waals surface area contributed by atoms with E-state index in [1.54, 1.807) is 0 Å². The number of nitrogens with zero attached hydrogens (tertiary/aromatic N) is 4. The van der Waals surface area contributed by atoms with Gasteiger partial charge in [-0.05, 0) is 52.4 Å². The van der Waals surface area contributed by atoms with Crippen LogP contribution in [0.3, 0.4) is 0 Å². The summed E-state index contributed by atoms with van der Waals surface area (Å²) < 4.78 is 10.5. The van der Waals surface area contributed by atoms with Crippen molar-refractivity contribution in [2.45, 2.75) is 94.2 Å². The molecule has 2 N–H and O–H groups in total. The molecule has 4 aliphatic heterocycles. The normalized spacial score (nSPS) is 22.6. The van der Waals surface area contributed by atoms with Crippen LogP contribution >= 0.6 is 0 Å². The van der Waals surface area contributed by atoms with Crippen LogP contribution in [0, 0.1) is 10.8 Å². The van der Waals surface area contributed by atoms with Crippen molar-refractivity contribution in [3.8, 4) is 0 Å². The summed E-state index contributed by atoms with van der Waals surface area (Å²) >= 11 is 0. The van der Waals surface area contributed by atoms with Crippen molar-refractivity contribution in [3.05, 3.63) is 0 Å². The Labute approximate surface area is 262 Å². The van der Waals surface area contributed by atoms with Crippen molar-refractivity contribution in [2.24, 2.45) is 10.8 Å². The van der Waals surface area contributed by atoms with Gasteiger partial charge in [0, 0.05) is 103 Å². The number of rotatable bonds is 2. The molecule has 0 saturated carbocycles. The first kappa shape index (κ1) is 39.7. The Bertz CT molecular complexity index is 595. The highest BCUT2D eigenvalue weighted by Gasteiger charge is 2.23. The Kier molecular flexibility index (Phi) is 18.2. The van der Waals surface area contributed by atoms with Gasteiger partial charge in [-0.15, -0.1) is 0 Å². The van der Waals surface area contributed by atoms with Crippen molar-refractivity contribution in [3.63, 3.8) is 0 Å². The molecule has 252 valence electrons. The van der Waals surface area contributed by atoms with Gasteiger partial charge >= 0.3 is 0 Å². The fraction of sp³-hybridized carbons (Fsp3) is 1.00. The van der Waals surface area contributed by atoms with E-state index in [1.165, 1.54) is 39.3 Å². The molecule has 4 rings (SSSR count). The maximum atomic E-state index is 5.27. The predicted octanol–water partition coefficient (Wildman–Crippen LogP) is 4.11. The van der Waals surface area contributed by atoms with E-state index in [0.29, 0.717) is 21.9 Å². The van der Waals surface area contributed by atoms with Crippen LogP contribution in [0.5, 0.6) is 0 Å². The van der Waals surface area contributed by atoms with Crippen molar-refractivity contribution in [1.29, 1.82) is 0 Å². The first-order chi connectivity index (χ1) is 19.4. The smallest absolute Gasteiger partial charge is 0.0594 e. The average molecular weight is 599 g/mol. The number of hydrogen-bond donors (Lipinski definition) is 2. The minimum Gasteiger partial charge on any atom is -0.379 e. The van der Waals surface area contributed by atoms with Crippen molar-refractivity contribution in [2.75, 3.05) is 118 Å². The molecular formula is C34H74N6O2.